The number of halogens is 1. The molecule has 10 heteroatoms. The van der Waals surface area contributed by atoms with Gasteiger partial charge in [-0.1, -0.05) is 17.7 Å². The predicted molar refractivity (Wildman–Crippen MR) is 144 cm³/mol. The quantitative estimate of drug-likeness (QED) is 0.165. The van der Waals surface area contributed by atoms with Gasteiger partial charge in [0.05, 0.1) is 17.5 Å². The first kappa shape index (κ1) is 24.4. The summed E-state index contributed by atoms with van der Waals surface area (Å²) in [6, 6.07) is 20.3. The van der Waals surface area contributed by atoms with Crippen LogP contribution in [0.5, 0.6) is 5.75 Å². The predicted octanol–water partition coefficient (Wildman–Crippen LogP) is 6.75. The number of benzene rings is 2. The first-order chi connectivity index (χ1) is 17.5. The highest BCUT2D eigenvalue weighted by Gasteiger charge is 2.30. The number of nitrogens with zero attached hydrogens (tertiary/aromatic N) is 2. The average Bonchev–Trinajstić information content (AvgIpc) is 3.65. The topological polar surface area (TPSA) is 87.3 Å². The lowest BCUT2D eigenvalue weighted by Gasteiger charge is -2.15. The monoisotopic (exact) mass is 552 g/mol. The van der Waals surface area contributed by atoms with E-state index in [0.29, 0.717) is 26.1 Å². The van der Waals surface area contributed by atoms with Gasteiger partial charge in [-0.3, -0.25) is 0 Å². The van der Waals surface area contributed by atoms with Crippen LogP contribution in [0.3, 0.4) is 0 Å². The standard InChI is InChI=1S/C26H17ClN2O4S3/c1-32-24(30)15-33-17-6-9-21-20(13-17)25(19-10-12-35-23(19)14-28)26(22-3-2-11-34-22)29(21)36(31)18-7-4-16(27)5-8-18/h2-13H,15H2,1H3. The Bertz CT molecular complexity index is 1580. The summed E-state index contributed by atoms with van der Waals surface area (Å²) in [6.45, 7) is -0.242. The minimum Gasteiger partial charge on any atom is -0.587 e. The van der Waals surface area contributed by atoms with Crippen LogP contribution >= 0.6 is 34.3 Å². The summed E-state index contributed by atoms with van der Waals surface area (Å²) in [5.41, 5.74) is 2.94. The molecule has 6 nitrogen and oxygen atoms in total. The maximum absolute atomic E-state index is 14.0. The van der Waals surface area contributed by atoms with Gasteiger partial charge >= 0.3 is 5.97 Å². The smallest absolute Gasteiger partial charge is 0.343 e. The molecule has 180 valence electrons. The SMILES string of the molecule is COC(=O)COc1ccc2c(c1)c(-c1ccsc1C#N)c(-c1cccs1)n2[S+]([O-])c1ccc(Cl)cc1. The second kappa shape index (κ2) is 10.4. The molecule has 0 spiro atoms. The van der Waals surface area contributed by atoms with E-state index >= 15 is 0 Å². The molecule has 0 aliphatic carbocycles. The molecule has 1 atom stereocenters. The highest BCUT2D eigenvalue weighted by Crippen LogP contribution is 2.46. The van der Waals surface area contributed by atoms with Gasteiger partial charge in [-0.2, -0.15) is 9.23 Å². The van der Waals surface area contributed by atoms with Crippen LogP contribution in [0.15, 0.2) is 76.3 Å². The number of hydrogen-bond acceptors (Lipinski definition) is 7. The van der Waals surface area contributed by atoms with Gasteiger partial charge in [0.25, 0.3) is 0 Å². The van der Waals surface area contributed by atoms with Gasteiger partial charge in [-0.15, -0.1) is 22.7 Å². The van der Waals surface area contributed by atoms with Crippen LogP contribution < -0.4 is 4.74 Å². The zero-order valence-electron chi connectivity index (χ0n) is 18.8. The first-order valence-corrected chi connectivity index (χ1v) is 13.8. The number of nitriles is 1. The van der Waals surface area contributed by atoms with Crippen LogP contribution in [-0.4, -0.2) is 28.2 Å². The molecule has 1 unspecified atom stereocenters. The van der Waals surface area contributed by atoms with E-state index in [1.807, 2.05) is 35.0 Å². The molecule has 0 amide bonds. The van der Waals surface area contributed by atoms with Crippen molar-refractivity contribution in [2.24, 2.45) is 0 Å². The van der Waals surface area contributed by atoms with E-state index in [1.54, 1.807) is 40.4 Å². The third-order valence-electron chi connectivity index (χ3n) is 5.45. The van der Waals surface area contributed by atoms with Gasteiger partial charge in [0.2, 0.25) is 0 Å². The highest BCUT2D eigenvalue weighted by molar-refractivity contribution is 7.90. The number of methoxy groups -OCH3 is 1. The summed E-state index contributed by atoms with van der Waals surface area (Å²) in [4.78, 5) is 13.7. The summed E-state index contributed by atoms with van der Waals surface area (Å²) >= 11 is 7.31. The Morgan fingerprint density at radius 2 is 1.94 bits per heavy atom. The van der Waals surface area contributed by atoms with E-state index in [9.17, 15) is 14.6 Å². The van der Waals surface area contributed by atoms with E-state index in [0.717, 1.165) is 27.1 Å². The summed E-state index contributed by atoms with van der Waals surface area (Å²) < 4.78 is 26.2. The second-order valence-electron chi connectivity index (χ2n) is 7.52. The van der Waals surface area contributed by atoms with Crippen LogP contribution in [0.25, 0.3) is 32.6 Å². The van der Waals surface area contributed by atoms with E-state index in [-0.39, 0.29) is 6.61 Å². The molecule has 2 aromatic carbocycles. The van der Waals surface area contributed by atoms with E-state index in [4.69, 9.17) is 16.3 Å². The first-order valence-electron chi connectivity index (χ1n) is 10.6. The van der Waals surface area contributed by atoms with Crippen molar-refractivity contribution in [2.45, 2.75) is 4.90 Å². The number of carbonyl (C=O) groups is 1. The minimum atomic E-state index is -1.62. The zero-order valence-corrected chi connectivity index (χ0v) is 22.0. The van der Waals surface area contributed by atoms with Crippen molar-refractivity contribution in [3.63, 3.8) is 0 Å². The molecule has 0 saturated carbocycles. The molecule has 3 heterocycles. The number of esters is 1. The van der Waals surface area contributed by atoms with Crippen molar-refractivity contribution in [3.8, 4) is 33.5 Å². The van der Waals surface area contributed by atoms with E-state index in [2.05, 4.69) is 10.8 Å². The Morgan fingerprint density at radius 3 is 2.64 bits per heavy atom. The van der Waals surface area contributed by atoms with Gasteiger partial charge in [0.1, 0.15) is 33.8 Å². The lowest BCUT2D eigenvalue weighted by Crippen LogP contribution is -2.14. The number of thiophene rings is 2. The van der Waals surface area contributed by atoms with E-state index < -0.39 is 17.3 Å². The van der Waals surface area contributed by atoms with Crippen LogP contribution in [0.1, 0.15) is 4.88 Å². The van der Waals surface area contributed by atoms with Gasteiger partial charge in [-0.25, -0.2) is 4.79 Å². The van der Waals surface area contributed by atoms with Crippen LogP contribution in [-0.2, 0) is 20.9 Å². The zero-order chi connectivity index (χ0) is 25.2. The molecule has 0 saturated heterocycles. The summed E-state index contributed by atoms with van der Waals surface area (Å²) in [7, 11) is 1.30. The molecule has 0 N–H and O–H groups in total. The highest BCUT2D eigenvalue weighted by atomic mass is 35.5. The molecule has 0 aliphatic rings. The third-order valence-corrected chi connectivity index (χ3v) is 8.79. The molecule has 0 bridgehead atoms. The summed E-state index contributed by atoms with van der Waals surface area (Å²) in [5, 5.41) is 14.9. The number of fused-ring (bicyclic) bond motifs is 1. The fourth-order valence-electron chi connectivity index (χ4n) is 3.86. The van der Waals surface area contributed by atoms with Crippen LogP contribution in [0, 0.1) is 11.3 Å². The minimum absolute atomic E-state index is 0.242. The van der Waals surface area contributed by atoms with Gasteiger partial charge in [0.15, 0.2) is 11.5 Å². The van der Waals surface area contributed by atoms with Gasteiger partial charge in [-0.05, 0) is 65.4 Å². The van der Waals surface area contributed by atoms with Gasteiger partial charge < -0.3 is 14.0 Å². The lowest BCUT2D eigenvalue weighted by atomic mass is 10.0. The Balaban J connectivity index is 1.81. The Hall–Kier alpha value is -3.26. The van der Waals surface area contributed by atoms with Crippen molar-refractivity contribution < 1.29 is 18.8 Å². The Morgan fingerprint density at radius 1 is 1.14 bits per heavy atom. The maximum atomic E-state index is 14.0. The van der Waals surface area contributed by atoms with Crippen LogP contribution in [0.4, 0.5) is 0 Å². The van der Waals surface area contributed by atoms with Crippen molar-refractivity contribution in [1.29, 1.82) is 5.26 Å². The normalized spacial score (nSPS) is 11.8. The summed E-state index contributed by atoms with van der Waals surface area (Å²) in [5.74, 6) is -0.0457. The number of aromatic nitrogens is 1. The third kappa shape index (κ3) is 4.50. The lowest BCUT2D eigenvalue weighted by molar-refractivity contribution is -0.142. The number of hydrogen-bond donors (Lipinski definition) is 0. The average molecular weight is 553 g/mol. The van der Waals surface area contributed by atoms with Crippen molar-refractivity contribution >= 4 is 62.5 Å². The van der Waals surface area contributed by atoms with Crippen LogP contribution in [0.2, 0.25) is 5.02 Å². The molecule has 36 heavy (non-hydrogen) atoms. The molecule has 3 aromatic heterocycles. The molecule has 5 aromatic rings. The maximum Gasteiger partial charge on any atom is 0.343 e. The molecular formula is C26H17ClN2O4S3. The second-order valence-corrected chi connectivity index (χ2v) is 11.2. The van der Waals surface area contributed by atoms with Gasteiger partial charge in [0, 0.05) is 21.5 Å². The Labute approximate surface area is 223 Å². The molecule has 0 radical (unpaired) electrons. The summed E-state index contributed by atoms with van der Waals surface area (Å²) in [6.07, 6.45) is 0. The van der Waals surface area contributed by atoms with Crippen molar-refractivity contribution in [1.82, 2.24) is 3.97 Å². The number of rotatable bonds is 7. The fourth-order valence-corrected chi connectivity index (χ4v) is 6.78. The number of ether oxygens (including phenoxy) is 2. The van der Waals surface area contributed by atoms with E-state index in [1.165, 1.54) is 29.8 Å². The molecular weight excluding hydrogens is 536 g/mol. The van der Waals surface area contributed by atoms with Crippen molar-refractivity contribution in [2.75, 3.05) is 13.7 Å². The Kier molecular flexibility index (Phi) is 7.05. The molecule has 0 aliphatic heterocycles. The molecule has 5 rings (SSSR count). The van der Waals surface area contributed by atoms with Crippen molar-refractivity contribution in [3.05, 3.63) is 81.3 Å². The fraction of sp³-hybridized carbons (Fsp3) is 0.0769. The molecule has 0 fully saturated rings. The number of carbonyl (C=O) groups excluding carboxylic acids is 1. The largest absolute Gasteiger partial charge is 0.587 e.